The molecule has 0 bridgehead atoms. The summed E-state index contributed by atoms with van der Waals surface area (Å²) in [6.07, 6.45) is 0.335. The zero-order valence-corrected chi connectivity index (χ0v) is 6.17. The van der Waals surface area contributed by atoms with Gasteiger partial charge in [0.15, 0.2) is 0 Å². The normalized spacial score (nSPS) is 11.9. The van der Waals surface area contributed by atoms with Gasteiger partial charge in [-0.05, 0) is 6.42 Å². The summed E-state index contributed by atoms with van der Waals surface area (Å²) in [5.74, 6) is 0. The molecule has 0 aromatic heterocycles. The van der Waals surface area contributed by atoms with Gasteiger partial charge in [-0.3, -0.25) is 4.57 Å². The quantitative estimate of drug-likeness (QED) is 0.448. The third kappa shape index (κ3) is 8.11. The Balaban J connectivity index is 3.18. The molecule has 0 spiro atoms. The van der Waals surface area contributed by atoms with Gasteiger partial charge in [0.1, 0.15) is 0 Å². The summed E-state index contributed by atoms with van der Waals surface area (Å²) in [5, 5.41) is 0. The molecule has 56 valence electrons. The second-order valence-corrected chi connectivity index (χ2v) is 3.51. The second-order valence-electron chi connectivity index (χ2n) is 1.73. The Labute approximate surface area is 54.0 Å². The van der Waals surface area contributed by atoms with Gasteiger partial charge in [0, 0.05) is 13.7 Å². The average Bonchev–Trinajstić information content (AvgIpc) is 1.63. The Morgan fingerprint density at radius 2 is 2.11 bits per heavy atom. The zero-order valence-electron chi connectivity index (χ0n) is 5.28. The van der Waals surface area contributed by atoms with Crippen LogP contribution in [0, 0.1) is 0 Å². The number of hydrogen-bond donors (Lipinski definition) is 2. The summed E-state index contributed by atoms with van der Waals surface area (Å²) in [5.41, 5.74) is 0. The molecule has 0 saturated heterocycles. The molecular formula is C4H11O4P. The standard InChI is InChI=1S/C4H11O4P/c1-8-3-2-4-9(5,6)7/h2-4H2,1H3,(H2,5,6,7). The molecule has 0 heterocycles. The molecule has 4 nitrogen and oxygen atoms in total. The van der Waals surface area contributed by atoms with Crippen molar-refractivity contribution in [2.75, 3.05) is 19.9 Å². The first-order valence-corrected chi connectivity index (χ1v) is 4.39. The van der Waals surface area contributed by atoms with Crippen LogP contribution in [0.4, 0.5) is 0 Å². The molecule has 0 saturated carbocycles. The molecular weight excluding hydrogens is 143 g/mol. The predicted octanol–water partition coefficient (Wildman–Crippen LogP) is 0.201. The van der Waals surface area contributed by atoms with E-state index in [0.717, 1.165) is 0 Å². The minimum Gasteiger partial charge on any atom is -0.385 e. The van der Waals surface area contributed by atoms with Gasteiger partial charge in [0.05, 0.1) is 6.16 Å². The van der Waals surface area contributed by atoms with Crippen molar-refractivity contribution in [3.8, 4) is 0 Å². The second kappa shape index (κ2) is 4.01. The van der Waals surface area contributed by atoms with Crippen molar-refractivity contribution in [1.29, 1.82) is 0 Å². The Bertz CT molecular complexity index is 107. The van der Waals surface area contributed by atoms with E-state index in [1.807, 2.05) is 0 Å². The number of methoxy groups -OCH3 is 1. The van der Waals surface area contributed by atoms with E-state index in [1.54, 1.807) is 0 Å². The van der Waals surface area contributed by atoms with Crippen molar-refractivity contribution in [1.82, 2.24) is 0 Å². The lowest BCUT2D eigenvalue weighted by molar-refractivity contribution is 0.197. The summed E-state index contributed by atoms with van der Waals surface area (Å²) in [6, 6.07) is 0. The first-order valence-electron chi connectivity index (χ1n) is 2.60. The maximum atomic E-state index is 10.1. The van der Waals surface area contributed by atoms with Crippen molar-refractivity contribution < 1.29 is 19.1 Å². The van der Waals surface area contributed by atoms with Crippen LogP contribution in [-0.2, 0) is 9.30 Å². The number of hydrogen-bond acceptors (Lipinski definition) is 2. The van der Waals surface area contributed by atoms with Crippen molar-refractivity contribution in [3.05, 3.63) is 0 Å². The smallest absolute Gasteiger partial charge is 0.325 e. The molecule has 0 aromatic carbocycles. The first kappa shape index (κ1) is 9.11. The number of ether oxygens (including phenoxy) is 1. The van der Waals surface area contributed by atoms with Gasteiger partial charge in [-0.2, -0.15) is 0 Å². The third-order valence-corrected chi connectivity index (χ3v) is 1.70. The highest BCUT2D eigenvalue weighted by atomic mass is 31.2. The monoisotopic (exact) mass is 154 g/mol. The molecule has 0 amide bonds. The highest BCUT2D eigenvalue weighted by Gasteiger charge is 2.10. The summed E-state index contributed by atoms with van der Waals surface area (Å²) in [4.78, 5) is 16.6. The van der Waals surface area contributed by atoms with Crippen molar-refractivity contribution in [2.24, 2.45) is 0 Å². The van der Waals surface area contributed by atoms with E-state index in [-0.39, 0.29) is 6.16 Å². The van der Waals surface area contributed by atoms with Crippen LogP contribution in [0.3, 0.4) is 0 Å². The number of rotatable bonds is 4. The molecule has 0 aliphatic heterocycles. The Kier molecular flexibility index (Phi) is 4.06. The van der Waals surface area contributed by atoms with Gasteiger partial charge >= 0.3 is 7.60 Å². The molecule has 0 aromatic rings. The minimum absolute atomic E-state index is 0.0825. The zero-order chi connectivity index (χ0) is 7.33. The molecule has 2 N–H and O–H groups in total. The summed E-state index contributed by atoms with van der Waals surface area (Å²) < 4.78 is 14.7. The summed E-state index contributed by atoms with van der Waals surface area (Å²) in [6.45, 7) is 0.408. The molecule has 0 rings (SSSR count). The largest absolute Gasteiger partial charge is 0.385 e. The third-order valence-electron chi connectivity index (χ3n) is 0.798. The Morgan fingerprint density at radius 3 is 2.44 bits per heavy atom. The van der Waals surface area contributed by atoms with Crippen molar-refractivity contribution >= 4 is 7.60 Å². The fourth-order valence-corrected chi connectivity index (χ4v) is 0.956. The molecule has 0 fully saturated rings. The van der Waals surface area contributed by atoms with Crippen LogP contribution in [-0.4, -0.2) is 29.7 Å². The van der Waals surface area contributed by atoms with E-state index >= 15 is 0 Å². The van der Waals surface area contributed by atoms with Crippen molar-refractivity contribution in [2.45, 2.75) is 6.42 Å². The minimum atomic E-state index is -3.78. The van der Waals surface area contributed by atoms with Crippen LogP contribution in [0.5, 0.6) is 0 Å². The lowest BCUT2D eigenvalue weighted by Gasteiger charge is -2.00. The highest BCUT2D eigenvalue weighted by Crippen LogP contribution is 2.34. The SMILES string of the molecule is COCCCP(=O)(O)O. The van der Waals surface area contributed by atoms with Gasteiger partial charge < -0.3 is 14.5 Å². The highest BCUT2D eigenvalue weighted by molar-refractivity contribution is 7.51. The van der Waals surface area contributed by atoms with E-state index in [1.165, 1.54) is 7.11 Å². The lowest BCUT2D eigenvalue weighted by Crippen LogP contribution is -1.93. The Hall–Kier alpha value is 0.110. The van der Waals surface area contributed by atoms with Gasteiger partial charge in [-0.1, -0.05) is 0 Å². The molecule has 0 unspecified atom stereocenters. The predicted molar refractivity (Wildman–Crippen MR) is 33.4 cm³/mol. The first-order chi connectivity index (χ1) is 4.06. The molecule has 0 aliphatic carbocycles. The van der Waals surface area contributed by atoms with Crippen molar-refractivity contribution in [3.63, 3.8) is 0 Å². The fraction of sp³-hybridized carbons (Fsp3) is 1.00. The van der Waals surface area contributed by atoms with E-state index in [2.05, 4.69) is 4.74 Å². The molecule has 9 heavy (non-hydrogen) atoms. The van der Waals surface area contributed by atoms with Crippen LogP contribution in [0.25, 0.3) is 0 Å². The maximum Gasteiger partial charge on any atom is 0.325 e. The topological polar surface area (TPSA) is 66.8 Å². The average molecular weight is 154 g/mol. The van der Waals surface area contributed by atoms with Gasteiger partial charge in [-0.25, -0.2) is 0 Å². The van der Waals surface area contributed by atoms with Crippen LogP contribution >= 0.6 is 7.60 Å². The molecule has 0 aliphatic rings. The van der Waals surface area contributed by atoms with Crippen LogP contribution in [0.1, 0.15) is 6.42 Å². The van der Waals surface area contributed by atoms with Crippen LogP contribution in [0.2, 0.25) is 0 Å². The van der Waals surface area contributed by atoms with E-state index in [0.29, 0.717) is 13.0 Å². The maximum absolute atomic E-state index is 10.1. The Morgan fingerprint density at radius 1 is 1.56 bits per heavy atom. The van der Waals surface area contributed by atoms with Gasteiger partial charge in [-0.15, -0.1) is 0 Å². The summed E-state index contributed by atoms with van der Waals surface area (Å²) in [7, 11) is -2.28. The van der Waals surface area contributed by atoms with Crippen LogP contribution in [0.15, 0.2) is 0 Å². The van der Waals surface area contributed by atoms with E-state index in [9.17, 15) is 4.57 Å². The van der Waals surface area contributed by atoms with E-state index in [4.69, 9.17) is 9.79 Å². The van der Waals surface area contributed by atoms with E-state index < -0.39 is 7.60 Å². The summed E-state index contributed by atoms with van der Waals surface area (Å²) >= 11 is 0. The fourth-order valence-electron chi connectivity index (χ4n) is 0.415. The van der Waals surface area contributed by atoms with Gasteiger partial charge in [0.2, 0.25) is 0 Å². The molecule has 0 radical (unpaired) electrons. The lowest BCUT2D eigenvalue weighted by atomic mass is 10.5. The molecule has 0 atom stereocenters. The van der Waals surface area contributed by atoms with Gasteiger partial charge in [0.25, 0.3) is 0 Å². The molecule has 5 heteroatoms. The van der Waals surface area contributed by atoms with Crippen LogP contribution < -0.4 is 0 Å².